The van der Waals surface area contributed by atoms with Crippen molar-refractivity contribution in [2.24, 2.45) is 5.92 Å². The minimum atomic E-state index is -0.486. The zero-order valence-electron chi connectivity index (χ0n) is 28.7. The van der Waals surface area contributed by atoms with Crippen molar-refractivity contribution in [2.45, 2.75) is 18.8 Å². The van der Waals surface area contributed by atoms with E-state index in [9.17, 15) is 0 Å². The van der Waals surface area contributed by atoms with Crippen molar-refractivity contribution in [1.29, 1.82) is 0 Å². The van der Waals surface area contributed by atoms with Crippen molar-refractivity contribution >= 4 is 45.0 Å². The van der Waals surface area contributed by atoms with Crippen molar-refractivity contribution in [1.82, 2.24) is 4.57 Å². The number of nitrogens with zero attached hydrogens (tertiary/aromatic N) is 1. The van der Waals surface area contributed by atoms with Crippen molar-refractivity contribution in [3.05, 3.63) is 184 Å². The highest BCUT2D eigenvalue weighted by molar-refractivity contribution is 6.09. The van der Waals surface area contributed by atoms with Crippen LogP contribution in [0.1, 0.15) is 35.6 Å². The highest BCUT2D eigenvalue weighted by Gasteiger charge is 2.51. The molecule has 0 N–H and O–H groups in total. The van der Waals surface area contributed by atoms with Crippen LogP contribution >= 0.6 is 0 Å². The van der Waals surface area contributed by atoms with Gasteiger partial charge < -0.3 is 8.98 Å². The minimum absolute atomic E-state index is 0.486. The molecule has 1 aliphatic heterocycles. The summed E-state index contributed by atoms with van der Waals surface area (Å²) in [6.45, 7) is 2.33. The number of aromatic nitrogens is 1. The van der Waals surface area contributed by atoms with Gasteiger partial charge in [-0.2, -0.15) is 0 Å². The summed E-state index contributed by atoms with van der Waals surface area (Å²) < 4.78 is 9.02. The second-order valence-corrected chi connectivity index (χ2v) is 14.8. The topological polar surface area (TPSA) is 18.1 Å². The van der Waals surface area contributed by atoms with E-state index in [4.69, 9.17) is 4.42 Å². The van der Waals surface area contributed by atoms with Gasteiger partial charge in [0, 0.05) is 26.9 Å². The molecular weight excluding hydrogens is 631 g/mol. The molecule has 0 amide bonds. The van der Waals surface area contributed by atoms with Gasteiger partial charge in [-0.15, -0.1) is 0 Å². The summed E-state index contributed by atoms with van der Waals surface area (Å²) in [4.78, 5) is 0. The third-order valence-electron chi connectivity index (χ3n) is 12.1. The van der Waals surface area contributed by atoms with Crippen LogP contribution < -0.4 is 10.6 Å². The molecule has 2 aromatic heterocycles. The van der Waals surface area contributed by atoms with Crippen LogP contribution in [0.2, 0.25) is 0 Å². The molecule has 2 aliphatic carbocycles. The third kappa shape index (κ3) is 3.45. The highest BCUT2D eigenvalue weighted by Crippen LogP contribution is 2.61. The summed E-state index contributed by atoms with van der Waals surface area (Å²) in [6.07, 6.45) is 6.03. The Bertz CT molecular complexity index is 3120. The van der Waals surface area contributed by atoms with Crippen LogP contribution in [0.5, 0.6) is 0 Å². The largest absolute Gasteiger partial charge is 0.455 e. The van der Waals surface area contributed by atoms with E-state index in [1.54, 1.807) is 0 Å². The van der Waals surface area contributed by atoms with E-state index >= 15 is 0 Å². The summed E-state index contributed by atoms with van der Waals surface area (Å²) in [6, 6.07) is 56.2. The average molecular weight is 664 g/mol. The second kappa shape index (κ2) is 10.1. The average Bonchev–Trinajstić information content (AvgIpc) is 3.84. The number of hydrogen-bond acceptors (Lipinski definition) is 1. The summed E-state index contributed by atoms with van der Waals surface area (Å²) in [5, 5.41) is 6.35. The van der Waals surface area contributed by atoms with Gasteiger partial charge >= 0.3 is 0 Å². The Hall–Kier alpha value is -6.38. The fourth-order valence-electron chi connectivity index (χ4n) is 10.0. The molecule has 2 unspecified atom stereocenters. The van der Waals surface area contributed by atoms with Gasteiger partial charge in [-0.25, -0.2) is 0 Å². The number of fused-ring (bicyclic) bond motifs is 15. The van der Waals surface area contributed by atoms with Gasteiger partial charge in [0.25, 0.3) is 0 Å². The van der Waals surface area contributed by atoms with Crippen molar-refractivity contribution in [2.75, 3.05) is 0 Å². The highest BCUT2D eigenvalue weighted by atomic mass is 16.3. The normalized spacial score (nSPS) is 17.8. The molecule has 12 rings (SSSR count). The standard InChI is InChI=1S/C50H33NO/c1-30-23-28-36-39-16-10-20-43-48(39)51(45(36)29-30)44-21-6-5-19-42(44)50(43)41-18-4-2-11-35(41)38-15-8-13-33(47(38)50)31-24-26-32(27-25-31)34-14-9-17-40-37-12-3-7-22-46(37)52-49(34)40/h2-22,24-30H,23H2,1H3. The van der Waals surface area contributed by atoms with Gasteiger partial charge in [-0.1, -0.05) is 159 Å². The minimum Gasteiger partial charge on any atom is -0.455 e. The first-order valence-corrected chi connectivity index (χ1v) is 18.4. The molecular formula is C50H33NO. The van der Waals surface area contributed by atoms with Crippen LogP contribution in [0.25, 0.3) is 84.1 Å². The molecule has 1 spiro atoms. The number of benzene rings is 7. The maximum Gasteiger partial charge on any atom is 0.143 e. The summed E-state index contributed by atoms with van der Waals surface area (Å²) in [5.41, 5.74) is 16.8. The molecule has 2 atom stereocenters. The predicted molar refractivity (Wildman–Crippen MR) is 214 cm³/mol. The SMILES string of the molecule is CC1C=c2c(c3cccc4c3n2-c2ccccc2C42c3ccccc3-c3cccc(-c4ccc(-c5cccc6c5oc5ccccc56)cc4)c32)=CC1. The fraction of sp³-hybridized carbons (Fsp3) is 0.0800. The molecule has 2 heteroatoms. The molecule has 0 bridgehead atoms. The van der Waals surface area contributed by atoms with Crippen molar-refractivity contribution in [3.63, 3.8) is 0 Å². The lowest BCUT2D eigenvalue weighted by atomic mass is 9.64. The van der Waals surface area contributed by atoms with Gasteiger partial charge in [0.1, 0.15) is 11.2 Å². The van der Waals surface area contributed by atoms with E-state index < -0.39 is 5.41 Å². The fourth-order valence-corrected chi connectivity index (χ4v) is 10.0. The Morgan fingerprint density at radius 1 is 0.558 bits per heavy atom. The zero-order valence-corrected chi connectivity index (χ0v) is 28.7. The Labute approximate surface area is 301 Å². The predicted octanol–water partition coefficient (Wildman–Crippen LogP) is 11.1. The molecule has 0 fully saturated rings. The van der Waals surface area contributed by atoms with Gasteiger partial charge in [0.15, 0.2) is 0 Å². The lowest BCUT2D eigenvalue weighted by molar-refractivity contribution is 0.670. The number of para-hydroxylation sites is 4. The van der Waals surface area contributed by atoms with Gasteiger partial charge in [0.2, 0.25) is 0 Å². The lowest BCUT2D eigenvalue weighted by Gasteiger charge is -2.40. The maximum absolute atomic E-state index is 6.44. The van der Waals surface area contributed by atoms with Crippen LogP contribution in [-0.4, -0.2) is 4.57 Å². The van der Waals surface area contributed by atoms with Crippen LogP contribution in [0, 0.1) is 5.92 Å². The van der Waals surface area contributed by atoms with Crippen molar-refractivity contribution < 1.29 is 4.42 Å². The monoisotopic (exact) mass is 663 g/mol. The van der Waals surface area contributed by atoms with E-state index in [2.05, 4.69) is 169 Å². The van der Waals surface area contributed by atoms with Gasteiger partial charge in [-0.3, -0.25) is 0 Å². The van der Waals surface area contributed by atoms with Crippen LogP contribution in [-0.2, 0) is 5.41 Å². The molecule has 7 aromatic carbocycles. The molecule has 52 heavy (non-hydrogen) atoms. The first kappa shape index (κ1) is 28.3. The summed E-state index contributed by atoms with van der Waals surface area (Å²) in [5.74, 6) is 0.501. The van der Waals surface area contributed by atoms with E-state index in [0.717, 1.165) is 39.5 Å². The molecule has 3 heterocycles. The Balaban J connectivity index is 1.14. The first-order valence-electron chi connectivity index (χ1n) is 18.4. The van der Waals surface area contributed by atoms with Crippen molar-refractivity contribution in [3.8, 4) is 39.1 Å². The first-order chi connectivity index (χ1) is 25.7. The Morgan fingerprint density at radius 3 is 2.10 bits per heavy atom. The zero-order chi connectivity index (χ0) is 34.1. The molecule has 3 aliphatic rings. The van der Waals surface area contributed by atoms with Gasteiger partial charge in [-0.05, 0) is 74.5 Å². The smallest absolute Gasteiger partial charge is 0.143 e. The van der Waals surface area contributed by atoms with Gasteiger partial charge in [0.05, 0.1) is 22.0 Å². The summed E-state index contributed by atoms with van der Waals surface area (Å²) >= 11 is 0. The van der Waals surface area contributed by atoms with E-state index in [0.29, 0.717) is 5.92 Å². The molecule has 0 saturated carbocycles. The molecule has 9 aromatic rings. The number of hydrogen-bond donors (Lipinski definition) is 0. The molecule has 0 saturated heterocycles. The summed E-state index contributed by atoms with van der Waals surface area (Å²) in [7, 11) is 0. The number of furan rings is 1. The van der Waals surface area contributed by atoms with E-state index in [1.165, 1.54) is 71.7 Å². The molecule has 244 valence electrons. The molecule has 0 radical (unpaired) electrons. The molecule has 2 nitrogen and oxygen atoms in total. The van der Waals surface area contributed by atoms with E-state index in [-0.39, 0.29) is 0 Å². The lowest BCUT2D eigenvalue weighted by Crippen LogP contribution is -2.38. The Morgan fingerprint density at radius 2 is 1.19 bits per heavy atom. The third-order valence-corrected chi connectivity index (χ3v) is 12.1. The van der Waals surface area contributed by atoms with Crippen LogP contribution in [0.15, 0.2) is 156 Å². The Kier molecular flexibility index (Phi) is 5.51. The number of rotatable bonds is 2. The second-order valence-electron chi connectivity index (χ2n) is 14.8. The van der Waals surface area contributed by atoms with E-state index in [1.807, 2.05) is 6.07 Å². The van der Waals surface area contributed by atoms with Crippen LogP contribution in [0.4, 0.5) is 0 Å². The van der Waals surface area contributed by atoms with Crippen LogP contribution in [0.3, 0.4) is 0 Å². The quantitative estimate of drug-likeness (QED) is 0.180. The maximum atomic E-state index is 6.44.